The molecule has 0 saturated heterocycles. The van der Waals surface area contributed by atoms with Crippen LogP contribution < -0.4 is 10.1 Å². The van der Waals surface area contributed by atoms with Gasteiger partial charge in [-0.25, -0.2) is 0 Å². The van der Waals surface area contributed by atoms with Gasteiger partial charge in [0.15, 0.2) is 0 Å². The molecule has 5 nitrogen and oxygen atoms in total. The summed E-state index contributed by atoms with van der Waals surface area (Å²) in [7, 11) is 1.97. The fraction of sp³-hybridized carbons (Fsp3) is 0.353. The van der Waals surface area contributed by atoms with Crippen LogP contribution in [0.3, 0.4) is 0 Å². The third-order valence-corrected chi connectivity index (χ3v) is 9.78. The average Bonchev–Trinajstić information content (AvgIpc) is 3.36. The minimum atomic E-state index is -3.44. The molecule has 1 aliphatic carbocycles. The molecule has 1 saturated carbocycles. The molecule has 1 N–H and O–H groups in total. The average molecular weight is 625 g/mol. The molecule has 0 bridgehead atoms. The summed E-state index contributed by atoms with van der Waals surface area (Å²) in [5, 5.41) is 4.72. The third kappa shape index (κ3) is 6.77. The van der Waals surface area contributed by atoms with Gasteiger partial charge < -0.3 is 15.0 Å². The van der Waals surface area contributed by atoms with Crippen molar-refractivity contribution in [2.45, 2.75) is 64.1 Å². The molecule has 43 heavy (non-hydrogen) atoms. The van der Waals surface area contributed by atoms with E-state index in [0.29, 0.717) is 41.8 Å². The Kier molecular flexibility index (Phi) is 9.49. The maximum Gasteiger partial charge on any atom is 0.307 e. The minimum Gasteiger partial charge on any atom is -0.494 e. The molecule has 3 aromatic carbocycles. The molecular weight excluding hydrogens is 590 g/mol. The van der Waals surface area contributed by atoms with Crippen LogP contribution in [0.1, 0.15) is 65.1 Å². The molecule has 1 aromatic heterocycles. The Morgan fingerprint density at radius 1 is 1.02 bits per heavy atom. The highest BCUT2D eigenvalue weighted by Crippen LogP contribution is 2.38. The van der Waals surface area contributed by atoms with Crippen LogP contribution in [0, 0.1) is 0 Å². The Hall–Kier alpha value is -3.33. The van der Waals surface area contributed by atoms with Gasteiger partial charge in [0.2, 0.25) is 5.78 Å². The molecular formula is C34H35ClF2N2O3S. The number of amides is 1. The molecule has 4 aromatic rings. The highest BCUT2D eigenvalue weighted by Gasteiger charge is 2.34. The Balaban J connectivity index is 1.51. The van der Waals surface area contributed by atoms with Gasteiger partial charge in [0.25, 0.3) is 5.91 Å². The number of ketones is 1. The van der Waals surface area contributed by atoms with Crippen LogP contribution in [0.5, 0.6) is 5.75 Å². The Morgan fingerprint density at radius 2 is 1.70 bits per heavy atom. The number of ether oxygens (including phenoxy) is 1. The van der Waals surface area contributed by atoms with Gasteiger partial charge in [0.05, 0.1) is 11.6 Å². The van der Waals surface area contributed by atoms with E-state index in [4.69, 9.17) is 16.3 Å². The first kappa shape index (κ1) is 31.1. The number of nitrogens with zero attached hydrogens (tertiary/aromatic N) is 1. The summed E-state index contributed by atoms with van der Waals surface area (Å²) < 4.78 is 34.1. The van der Waals surface area contributed by atoms with Gasteiger partial charge in [-0.3, -0.25) is 9.59 Å². The van der Waals surface area contributed by atoms with E-state index in [2.05, 4.69) is 5.32 Å². The lowest BCUT2D eigenvalue weighted by atomic mass is 9.89. The van der Waals surface area contributed by atoms with Crippen molar-refractivity contribution in [3.63, 3.8) is 0 Å². The number of halogens is 3. The number of Topliss-reactive ketones (excluding diaryl/α,β-unsaturated/α-hetero) is 1. The Bertz CT molecular complexity index is 1610. The minimum absolute atomic E-state index is 0.0255. The van der Waals surface area contributed by atoms with Crippen molar-refractivity contribution in [1.29, 1.82) is 0 Å². The predicted octanol–water partition coefficient (Wildman–Crippen LogP) is 8.63. The van der Waals surface area contributed by atoms with Gasteiger partial charge in [-0.05, 0) is 69.0 Å². The van der Waals surface area contributed by atoms with Crippen molar-refractivity contribution in [3.05, 3.63) is 87.8 Å². The summed E-state index contributed by atoms with van der Waals surface area (Å²) in [4.78, 5) is 28.8. The second-order valence-corrected chi connectivity index (χ2v) is 12.4. The van der Waals surface area contributed by atoms with Crippen LogP contribution in [0.25, 0.3) is 21.2 Å². The second-order valence-electron chi connectivity index (χ2n) is 11.0. The molecule has 9 heteroatoms. The van der Waals surface area contributed by atoms with Gasteiger partial charge >= 0.3 is 5.92 Å². The summed E-state index contributed by atoms with van der Waals surface area (Å²) in [5.41, 5.74) is 2.38. The van der Waals surface area contributed by atoms with E-state index in [1.807, 2.05) is 61.3 Å². The van der Waals surface area contributed by atoms with Crippen LogP contribution in [0.4, 0.5) is 8.78 Å². The first-order valence-corrected chi connectivity index (χ1v) is 15.7. The van der Waals surface area contributed by atoms with Crippen molar-refractivity contribution >= 4 is 44.7 Å². The number of carbonyl (C=O) groups excluding carboxylic acids is 2. The number of rotatable bonds is 10. The maximum atomic E-state index is 14.3. The lowest BCUT2D eigenvalue weighted by Crippen LogP contribution is -2.44. The molecule has 1 amide bonds. The molecule has 1 fully saturated rings. The van der Waals surface area contributed by atoms with E-state index < -0.39 is 11.7 Å². The zero-order chi connectivity index (χ0) is 30.7. The van der Waals surface area contributed by atoms with Crippen molar-refractivity contribution < 1.29 is 23.1 Å². The van der Waals surface area contributed by atoms with Gasteiger partial charge in [-0.2, -0.15) is 8.78 Å². The number of thiophene rings is 1. The Labute approximate surface area is 259 Å². The molecule has 0 atom stereocenters. The quantitative estimate of drug-likeness (QED) is 0.179. The SMILES string of the molecule is CCOc1ccc(-c2ccc(C(=O)C(C)(F)F)cc2)cc1CN(C(=O)c1sc2ccccc2c1Cl)[C@H]1CC[C@H](NC)CC1. The summed E-state index contributed by atoms with van der Waals surface area (Å²) in [6, 6.07) is 20.1. The molecule has 0 radical (unpaired) electrons. The van der Waals surface area contributed by atoms with E-state index >= 15 is 0 Å². The van der Waals surface area contributed by atoms with Crippen molar-refractivity contribution in [2.24, 2.45) is 0 Å². The summed E-state index contributed by atoms with van der Waals surface area (Å²) in [5.74, 6) is -4.08. The maximum absolute atomic E-state index is 14.3. The van der Waals surface area contributed by atoms with E-state index in [9.17, 15) is 18.4 Å². The van der Waals surface area contributed by atoms with E-state index in [1.54, 1.807) is 12.1 Å². The topological polar surface area (TPSA) is 58.6 Å². The number of hydrogen-bond acceptors (Lipinski definition) is 5. The van der Waals surface area contributed by atoms with Crippen molar-refractivity contribution in [2.75, 3.05) is 13.7 Å². The number of nitrogens with one attached hydrogen (secondary N) is 1. The molecule has 0 unspecified atom stereocenters. The monoisotopic (exact) mass is 624 g/mol. The largest absolute Gasteiger partial charge is 0.494 e. The number of alkyl halides is 2. The number of carbonyl (C=O) groups is 2. The molecule has 0 spiro atoms. The number of benzene rings is 3. The highest BCUT2D eigenvalue weighted by atomic mass is 35.5. The zero-order valence-corrected chi connectivity index (χ0v) is 26.0. The van der Waals surface area contributed by atoms with Crippen LogP contribution in [0.2, 0.25) is 5.02 Å². The first-order valence-electron chi connectivity index (χ1n) is 14.5. The van der Waals surface area contributed by atoms with Gasteiger partial charge in [-0.1, -0.05) is 60.1 Å². The van der Waals surface area contributed by atoms with Crippen LogP contribution in [0.15, 0.2) is 66.7 Å². The molecule has 1 heterocycles. The van der Waals surface area contributed by atoms with E-state index in [-0.39, 0.29) is 17.5 Å². The smallest absolute Gasteiger partial charge is 0.307 e. The summed E-state index contributed by atoms with van der Waals surface area (Å²) in [6.07, 6.45) is 3.65. The number of fused-ring (bicyclic) bond motifs is 1. The highest BCUT2D eigenvalue weighted by molar-refractivity contribution is 7.21. The van der Waals surface area contributed by atoms with Gasteiger partial charge in [0.1, 0.15) is 10.6 Å². The molecule has 226 valence electrons. The molecule has 1 aliphatic rings. The molecule has 0 aliphatic heterocycles. The lowest BCUT2D eigenvalue weighted by molar-refractivity contribution is 0.0221. The first-order chi connectivity index (χ1) is 20.6. The summed E-state index contributed by atoms with van der Waals surface area (Å²) >= 11 is 8.20. The predicted molar refractivity (Wildman–Crippen MR) is 170 cm³/mol. The van der Waals surface area contributed by atoms with Crippen molar-refractivity contribution in [1.82, 2.24) is 10.2 Å². The summed E-state index contributed by atoms with van der Waals surface area (Å²) in [6.45, 7) is 3.29. The van der Waals surface area contributed by atoms with Gasteiger partial charge in [-0.15, -0.1) is 11.3 Å². The fourth-order valence-electron chi connectivity index (χ4n) is 5.75. The third-order valence-electron chi connectivity index (χ3n) is 8.12. The van der Waals surface area contributed by atoms with Crippen LogP contribution in [-0.2, 0) is 6.54 Å². The Morgan fingerprint density at radius 3 is 2.33 bits per heavy atom. The van der Waals surface area contributed by atoms with Gasteiger partial charge in [0, 0.05) is 46.8 Å². The van der Waals surface area contributed by atoms with Crippen LogP contribution in [-0.4, -0.2) is 48.3 Å². The number of hydrogen-bond donors (Lipinski definition) is 1. The van der Waals surface area contributed by atoms with Crippen molar-refractivity contribution in [3.8, 4) is 16.9 Å². The second kappa shape index (κ2) is 13.1. The van der Waals surface area contributed by atoms with E-state index in [1.165, 1.54) is 23.5 Å². The molecule has 5 rings (SSSR count). The fourth-order valence-corrected chi connectivity index (χ4v) is 7.22. The normalized spacial score (nSPS) is 17.2. The lowest BCUT2D eigenvalue weighted by Gasteiger charge is -2.37. The van der Waals surface area contributed by atoms with E-state index in [0.717, 1.165) is 52.5 Å². The standard InChI is InChI=1S/C34H35ClF2N2O3S/c1-4-42-28-18-13-23(21-9-11-22(12-10-21)32(40)34(2,36)37)19-24(28)20-39(26-16-14-25(38-3)15-17-26)33(41)31-30(35)27-7-5-6-8-29(27)43-31/h5-13,18-19,25-26,38H,4,14-17,20H2,1-3H3/t25-,26-. The zero-order valence-electron chi connectivity index (χ0n) is 24.5. The van der Waals surface area contributed by atoms with Crippen LogP contribution >= 0.6 is 22.9 Å².